The van der Waals surface area contributed by atoms with Gasteiger partial charge in [-0.15, -0.1) is 0 Å². The molecule has 2 rings (SSSR count). The molecule has 1 aliphatic heterocycles. The van der Waals surface area contributed by atoms with E-state index in [9.17, 15) is 9.59 Å². The minimum atomic E-state index is -0.398. The number of hydrogen-bond acceptors (Lipinski definition) is 6. The maximum Gasteiger partial charge on any atom is 0.344 e. The highest BCUT2D eigenvalue weighted by Gasteiger charge is 2.31. The van der Waals surface area contributed by atoms with Gasteiger partial charge in [0.05, 0.1) is 18.7 Å². The third kappa shape index (κ3) is 5.83. The van der Waals surface area contributed by atoms with E-state index in [1.54, 1.807) is 11.8 Å². The topological polar surface area (TPSA) is 68.2 Å². The molecule has 9 heteroatoms. The fourth-order valence-corrected chi connectivity index (χ4v) is 5.56. The summed E-state index contributed by atoms with van der Waals surface area (Å²) in [5.41, 5.74) is 0.900. The van der Waals surface area contributed by atoms with Gasteiger partial charge in [0, 0.05) is 13.1 Å². The second kappa shape index (κ2) is 10.6. The van der Waals surface area contributed by atoms with Gasteiger partial charge in [-0.1, -0.05) is 0 Å². The number of amidine groups is 1. The van der Waals surface area contributed by atoms with Crippen LogP contribution in [0.1, 0.15) is 26.3 Å². The zero-order valence-electron chi connectivity index (χ0n) is 15.3. The molecule has 1 amide bonds. The van der Waals surface area contributed by atoms with Crippen molar-refractivity contribution in [2.24, 2.45) is 4.99 Å². The third-order valence-corrected chi connectivity index (χ3v) is 6.10. The van der Waals surface area contributed by atoms with Crippen molar-refractivity contribution < 1.29 is 19.1 Å². The lowest BCUT2D eigenvalue weighted by atomic mass is 10.2. The fraction of sp³-hybridized carbons (Fsp3) is 0.389. The van der Waals surface area contributed by atoms with Gasteiger partial charge in [-0.05, 0) is 101 Å². The average molecular weight is 614 g/mol. The molecule has 0 unspecified atom stereocenters. The van der Waals surface area contributed by atoms with Crippen LogP contribution >= 0.6 is 56.9 Å². The molecule has 1 heterocycles. The van der Waals surface area contributed by atoms with E-state index in [-0.39, 0.29) is 12.5 Å². The van der Waals surface area contributed by atoms with Gasteiger partial charge in [0.1, 0.15) is 5.75 Å². The standard InChI is InChI=1S/C18H20I2N2O4S/c1-4-21-18-22(5-2)17(24)14(27-18)9-11-7-12(19)16(13(20)8-11)26-10-15(23)25-6-3/h7-9H,4-6,10H2,1-3H3/b14-9-,21-18?. The number of rotatable bonds is 7. The Balaban J connectivity index is 2.23. The van der Waals surface area contributed by atoms with E-state index < -0.39 is 5.97 Å². The molecule has 1 aromatic carbocycles. The number of hydrogen-bond donors (Lipinski definition) is 0. The van der Waals surface area contributed by atoms with E-state index in [1.165, 1.54) is 11.8 Å². The van der Waals surface area contributed by atoms with Gasteiger partial charge in [-0.3, -0.25) is 14.7 Å². The number of amides is 1. The largest absolute Gasteiger partial charge is 0.480 e. The van der Waals surface area contributed by atoms with Crippen LogP contribution < -0.4 is 4.74 Å². The van der Waals surface area contributed by atoms with E-state index in [1.807, 2.05) is 32.1 Å². The molecule has 0 saturated carbocycles. The van der Waals surface area contributed by atoms with Crippen molar-refractivity contribution in [2.45, 2.75) is 20.8 Å². The van der Waals surface area contributed by atoms with Gasteiger partial charge in [-0.25, -0.2) is 4.79 Å². The number of likely N-dealkylation sites (N-methyl/N-ethyl adjacent to an activating group) is 1. The molecule has 1 aromatic rings. The molecule has 1 saturated heterocycles. The maximum atomic E-state index is 12.6. The summed E-state index contributed by atoms with van der Waals surface area (Å²) in [6.07, 6.45) is 1.87. The van der Waals surface area contributed by atoms with E-state index in [0.717, 1.165) is 17.9 Å². The number of benzene rings is 1. The molecule has 0 bridgehead atoms. The highest BCUT2D eigenvalue weighted by Crippen LogP contribution is 2.34. The highest BCUT2D eigenvalue weighted by molar-refractivity contribution is 14.1. The van der Waals surface area contributed by atoms with Crippen LogP contribution in [0.5, 0.6) is 5.75 Å². The van der Waals surface area contributed by atoms with Crippen molar-refractivity contribution >= 4 is 80.1 Å². The molecule has 0 aromatic heterocycles. The van der Waals surface area contributed by atoms with Gasteiger partial charge in [0.25, 0.3) is 5.91 Å². The van der Waals surface area contributed by atoms with Crippen LogP contribution in [0.4, 0.5) is 0 Å². The second-order valence-corrected chi connectivity index (χ2v) is 8.66. The third-order valence-electron chi connectivity index (χ3n) is 3.46. The predicted molar refractivity (Wildman–Crippen MR) is 125 cm³/mol. The molecule has 1 aliphatic rings. The van der Waals surface area contributed by atoms with Crippen molar-refractivity contribution in [3.8, 4) is 5.75 Å². The molecular formula is C18H20I2N2O4S. The summed E-state index contributed by atoms with van der Waals surface area (Å²) in [6.45, 7) is 7.08. The van der Waals surface area contributed by atoms with E-state index in [2.05, 4.69) is 50.2 Å². The van der Waals surface area contributed by atoms with Gasteiger partial charge in [-0.2, -0.15) is 0 Å². The lowest BCUT2D eigenvalue weighted by molar-refractivity contribution is -0.145. The van der Waals surface area contributed by atoms with Crippen molar-refractivity contribution in [1.82, 2.24) is 4.90 Å². The first-order valence-electron chi connectivity index (χ1n) is 8.44. The van der Waals surface area contributed by atoms with Crippen LogP contribution in [0, 0.1) is 7.14 Å². The Morgan fingerprint density at radius 3 is 2.48 bits per heavy atom. The van der Waals surface area contributed by atoms with E-state index in [4.69, 9.17) is 9.47 Å². The Labute approximate surface area is 190 Å². The van der Waals surface area contributed by atoms with Gasteiger partial charge in [0.2, 0.25) is 0 Å². The Kier molecular flexibility index (Phi) is 8.86. The monoisotopic (exact) mass is 614 g/mol. The van der Waals surface area contributed by atoms with E-state index in [0.29, 0.717) is 30.4 Å². The van der Waals surface area contributed by atoms with Crippen molar-refractivity contribution in [3.63, 3.8) is 0 Å². The SMILES string of the molecule is CCN=C1S/C(=C\c2cc(I)c(OCC(=O)OCC)c(I)c2)C(=O)N1CC. The minimum Gasteiger partial charge on any atom is -0.480 e. The smallest absolute Gasteiger partial charge is 0.344 e. The Bertz CT molecular complexity index is 773. The Morgan fingerprint density at radius 1 is 1.26 bits per heavy atom. The van der Waals surface area contributed by atoms with Crippen LogP contribution in [0.25, 0.3) is 6.08 Å². The lowest BCUT2D eigenvalue weighted by Crippen LogP contribution is -2.28. The van der Waals surface area contributed by atoms with Crippen molar-refractivity contribution in [2.75, 3.05) is 26.3 Å². The molecular weight excluding hydrogens is 594 g/mol. The number of carbonyl (C=O) groups is 2. The average Bonchev–Trinajstić information content (AvgIpc) is 2.89. The van der Waals surface area contributed by atoms with Gasteiger partial charge in [0.15, 0.2) is 11.8 Å². The van der Waals surface area contributed by atoms with Crippen molar-refractivity contribution in [3.05, 3.63) is 29.7 Å². The van der Waals surface area contributed by atoms with Crippen molar-refractivity contribution in [1.29, 1.82) is 0 Å². The summed E-state index contributed by atoms with van der Waals surface area (Å²) >= 11 is 5.72. The number of aliphatic imine (C=N–C) groups is 1. The number of carbonyl (C=O) groups excluding carboxylic acids is 2. The number of halogens is 2. The molecule has 0 aliphatic carbocycles. The summed E-state index contributed by atoms with van der Waals surface area (Å²) in [5.74, 6) is 0.216. The Morgan fingerprint density at radius 2 is 1.93 bits per heavy atom. The number of nitrogens with zero attached hydrogens (tertiary/aromatic N) is 2. The molecule has 1 fully saturated rings. The fourth-order valence-electron chi connectivity index (χ4n) is 2.33. The number of ether oxygens (including phenoxy) is 2. The molecule has 0 atom stereocenters. The first-order chi connectivity index (χ1) is 12.9. The van der Waals surface area contributed by atoms with Crippen LogP contribution in [0.15, 0.2) is 22.0 Å². The van der Waals surface area contributed by atoms with Gasteiger partial charge >= 0.3 is 5.97 Å². The van der Waals surface area contributed by atoms with Gasteiger partial charge < -0.3 is 9.47 Å². The molecule has 6 nitrogen and oxygen atoms in total. The minimum absolute atomic E-state index is 0.0256. The highest BCUT2D eigenvalue weighted by atomic mass is 127. The summed E-state index contributed by atoms with van der Waals surface area (Å²) in [4.78, 5) is 30.8. The maximum absolute atomic E-state index is 12.6. The second-order valence-electron chi connectivity index (χ2n) is 5.32. The quantitative estimate of drug-likeness (QED) is 0.263. The number of esters is 1. The first kappa shape index (κ1) is 22.5. The zero-order valence-corrected chi connectivity index (χ0v) is 20.4. The van der Waals surface area contributed by atoms with E-state index >= 15 is 0 Å². The van der Waals surface area contributed by atoms with Crippen LogP contribution in [0.3, 0.4) is 0 Å². The summed E-state index contributed by atoms with van der Waals surface area (Å²) in [5, 5.41) is 0.745. The lowest BCUT2D eigenvalue weighted by Gasteiger charge is -2.12. The summed E-state index contributed by atoms with van der Waals surface area (Å²) in [6, 6.07) is 3.85. The predicted octanol–water partition coefficient (Wildman–Crippen LogP) is 4.15. The molecule has 146 valence electrons. The molecule has 0 spiro atoms. The summed E-state index contributed by atoms with van der Waals surface area (Å²) < 4.78 is 12.2. The van der Waals surface area contributed by atoms with Crippen LogP contribution in [-0.2, 0) is 14.3 Å². The summed E-state index contributed by atoms with van der Waals surface area (Å²) in [7, 11) is 0. The number of thioether (sulfide) groups is 1. The molecule has 27 heavy (non-hydrogen) atoms. The zero-order chi connectivity index (χ0) is 20.0. The normalized spacial score (nSPS) is 17.1. The molecule has 0 radical (unpaired) electrons. The van der Waals surface area contributed by atoms with Crippen LogP contribution in [-0.4, -0.2) is 48.2 Å². The first-order valence-corrected chi connectivity index (χ1v) is 11.4. The Hall–Kier alpha value is -0.820. The van der Waals surface area contributed by atoms with Crippen LogP contribution in [0.2, 0.25) is 0 Å². The molecule has 0 N–H and O–H groups in total.